The molecule has 8 heteroatoms. The molecule has 1 aromatic carbocycles. The lowest BCUT2D eigenvalue weighted by atomic mass is 10.1. The molecule has 0 aliphatic rings. The minimum atomic E-state index is -4.55. The highest BCUT2D eigenvalue weighted by molar-refractivity contribution is 7.20. The third-order valence-corrected chi connectivity index (χ3v) is 4.92. The molecule has 0 saturated carbocycles. The van der Waals surface area contributed by atoms with Crippen LogP contribution in [0.3, 0.4) is 0 Å². The van der Waals surface area contributed by atoms with Gasteiger partial charge < -0.3 is 5.32 Å². The number of nitrogens with zero attached hydrogens (tertiary/aromatic N) is 2. The van der Waals surface area contributed by atoms with E-state index in [4.69, 9.17) is 0 Å². The molecule has 0 unspecified atom stereocenters. The summed E-state index contributed by atoms with van der Waals surface area (Å²) in [5.74, 6) is -0.429. The van der Waals surface area contributed by atoms with E-state index in [2.05, 4.69) is 10.4 Å². The molecule has 0 spiro atoms. The second-order valence-electron chi connectivity index (χ2n) is 5.52. The fourth-order valence-electron chi connectivity index (χ4n) is 2.55. The van der Waals surface area contributed by atoms with Gasteiger partial charge in [0, 0.05) is 18.1 Å². The van der Waals surface area contributed by atoms with Crippen molar-refractivity contribution in [2.45, 2.75) is 20.0 Å². The van der Waals surface area contributed by atoms with Gasteiger partial charge in [0.25, 0.3) is 5.91 Å². The smallest absolute Gasteiger partial charge is 0.321 e. The number of alkyl halides is 3. The predicted octanol–water partition coefficient (Wildman–Crippen LogP) is 4.52. The van der Waals surface area contributed by atoms with Crippen LogP contribution in [0.15, 0.2) is 24.3 Å². The van der Waals surface area contributed by atoms with Gasteiger partial charge in [0.1, 0.15) is 4.83 Å². The van der Waals surface area contributed by atoms with Crippen molar-refractivity contribution in [2.24, 2.45) is 7.05 Å². The first kappa shape index (κ1) is 16.5. The molecule has 3 rings (SSSR count). The standard InChI is InChI=1S/C16H14F3N3OS/c1-8-5-4-6-9(2)12(8)20-14(23)11-7-10-13(16(17,18)19)21-22(3)15(10)24-11/h4-7H,1-3H3,(H,20,23). The molecule has 0 fully saturated rings. The van der Waals surface area contributed by atoms with Crippen LogP contribution in [0, 0.1) is 13.8 Å². The summed E-state index contributed by atoms with van der Waals surface area (Å²) in [6.45, 7) is 3.72. The number of benzene rings is 1. The average molecular weight is 353 g/mol. The molecule has 0 atom stereocenters. The molecule has 1 N–H and O–H groups in total. The summed E-state index contributed by atoms with van der Waals surface area (Å²) in [5.41, 5.74) is 1.49. The maximum atomic E-state index is 13.0. The van der Waals surface area contributed by atoms with Crippen LogP contribution < -0.4 is 5.32 Å². The Balaban J connectivity index is 2.00. The number of anilines is 1. The number of carbonyl (C=O) groups excluding carboxylic acids is 1. The molecule has 2 heterocycles. The molecule has 0 saturated heterocycles. The van der Waals surface area contributed by atoms with Gasteiger partial charge in [-0.15, -0.1) is 11.3 Å². The summed E-state index contributed by atoms with van der Waals surface area (Å²) >= 11 is 0.988. The Kier molecular flexibility index (Phi) is 3.87. The lowest BCUT2D eigenvalue weighted by Gasteiger charge is -2.10. The van der Waals surface area contributed by atoms with Crippen molar-refractivity contribution in [3.63, 3.8) is 0 Å². The van der Waals surface area contributed by atoms with Crippen LogP contribution in [0.1, 0.15) is 26.5 Å². The summed E-state index contributed by atoms with van der Waals surface area (Å²) in [6.07, 6.45) is -4.55. The summed E-state index contributed by atoms with van der Waals surface area (Å²) in [5, 5.41) is 6.23. The second-order valence-corrected chi connectivity index (χ2v) is 6.55. The number of hydrogen-bond acceptors (Lipinski definition) is 3. The first-order chi connectivity index (χ1) is 11.2. The van der Waals surface area contributed by atoms with Gasteiger partial charge in [-0.05, 0) is 31.0 Å². The van der Waals surface area contributed by atoms with Gasteiger partial charge >= 0.3 is 6.18 Å². The average Bonchev–Trinajstić information content (AvgIpc) is 3.03. The summed E-state index contributed by atoms with van der Waals surface area (Å²) < 4.78 is 40.2. The lowest BCUT2D eigenvalue weighted by molar-refractivity contribution is -0.140. The molecular formula is C16H14F3N3OS. The van der Waals surface area contributed by atoms with Crippen LogP contribution in [-0.4, -0.2) is 15.7 Å². The van der Waals surface area contributed by atoms with Crippen molar-refractivity contribution in [1.82, 2.24) is 9.78 Å². The van der Waals surface area contributed by atoms with E-state index in [0.29, 0.717) is 10.5 Å². The fraction of sp³-hybridized carbons (Fsp3) is 0.250. The van der Waals surface area contributed by atoms with Crippen LogP contribution in [0.25, 0.3) is 10.2 Å². The molecule has 2 aromatic heterocycles. The largest absolute Gasteiger partial charge is 0.435 e. The highest BCUT2D eigenvalue weighted by atomic mass is 32.1. The quantitative estimate of drug-likeness (QED) is 0.736. The van der Waals surface area contributed by atoms with Crippen LogP contribution in [0.2, 0.25) is 0 Å². The van der Waals surface area contributed by atoms with E-state index in [1.54, 1.807) is 0 Å². The minimum Gasteiger partial charge on any atom is -0.321 e. The Morgan fingerprint density at radius 3 is 2.46 bits per heavy atom. The van der Waals surface area contributed by atoms with Crippen LogP contribution in [-0.2, 0) is 13.2 Å². The molecule has 0 bridgehead atoms. The predicted molar refractivity (Wildman–Crippen MR) is 87.5 cm³/mol. The van der Waals surface area contributed by atoms with Gasteiger partial charge in [0.2, 0.25) is 0 Å². The number of thiophene rings is 1. The van der Waals surface area contributed by atoms with Crippen LogP contribution >= 0.6 is 11.3 Å². The molecule has 0 aliphatic carbocycles. The molecule has 3 aromatic rings. The number of nitrogens with one attached hydrogen (secondary N) is 1. The number of aryl methyl sites for hydroxylation is 3. The molecule has 126 valence electrons. The number of aromatic nitrogens is 2. The SMILES string of the molecule is Cc1cccc(C)c1NC(=O)c1cc2c(C(F)(F)F)nn(C)c2s1. The van der Waals surface area contributed by atoms with Gasteiger partial charge in [0.05, 0.1) is 4.88 Å². The Bertz CT molecular complexity index is 920. The monoisotopic (exact) mass is 353 g/mol. The number of amides is 1. The number of halogens is 3. The van der Waals surface area contributed by atoms with E-state index in [0.717, 1.165) is 27.1 Å². The Hall–Kier alpha value is -2.35. The maximum Gasteiger partial charge on any atom is 0.435 e. The highest BCUT2D eigenvalue weighted by Crippen LogP contribution is 2.37. The topological polar surface area (TPSA) is 46.9 Å². The molecule has 0 radical (unpaired) electrons. The van der Waals surface area contributed by atoms with Gasteiger partial charge in [-0.25, -0.2) is 0 Å². The minimum absolute atomic E-state index is 0.0540. The zero-order valence-electron chi connectivity index (χ0n) is 13.2. The van der Waals surface area contributed by atoms with Gasteiger partial charge in [-0.1, -0.05) is 18.2 Å². The second kappa shape index (κ2) is 5.62. The summed E-state index contributed by atoms with van der Waals surface area (Å²) in [6, 6.07) is 6.85. The van der Waals surface area contributed by atoms with Crippen molar-refractivity contribution < 1.29 is 18.0 Å². The van der Waals surface area contributed by atoms with Crippen molar-refractivity contribution in [3.8, 4) is 0 Å². The first-order valence-electron chi connectivity index (χ1n) is 7.10. The Labute approximate surface area is 139 Å². The zero-order chi connectivity index (χ0) is 17.6. The zero-order valence-corrected chi connectivity index (χ0v) is 14.0. The third kappa shape index (κ3) is 2.77. The van der Waals surface area contributed by atoms with E-state index in [1.807, 2.05) is 32.0 Å². The number of hydrogen-bond donors (Lipinski definition) is 1. The molecule has 0 aliphatic heterocycles. The number of fused-ring (bicyclic) bond motifs is 1. The Morgan fingerprint density at radius 1 is 1.25 bits per heavy atom. The highest BCUT2D eigenvalue weighted by Gasteiger charge is 2.37. The van der Waals surface area contributed by atoms with Gasteiger partial charge in [0.15, 0.2) is 5.69 Å². The van der Waals surface area contributed by atoms with Gasteiger partial charge in [-0.2, -0.15) is 18.3 Å². The van der Waals surface area contributed by atoms with Gasteiger partial charge in [-0.3, -0.25) is 9.48 Å². The van der Waals surface area contributed by atoms with Crippen molar-refractivity contribution in [2.75, 3.05) is 5.32 Å². The van der Waals surface area contributed by atoms with E-state index < -0.39 is 17.8 Å². The van der Waals surface area contributed by atoms with E-state index >= 15 is 0 Å². The number of rotatable bonds is 2. The first-order valence-corrected chi connectivity index (χ1v) is 7.91. The fourth-order valence-corrected chi connectivity index (χ4v) is 3.52. The van der Waals surface area contributed by atoms with Crippen molar-refractivity contribution in [3.05, 3.63) is 46.0 Å². The van der Waals surface area contributed by atoms with E-state index in [9.17, 15) is 18.0 Å². The van der Waals surface area contributed by atoms with Crippen LogP contribution in [0.5, 0.6) is 0 Å². The van der Waals surface area contributed by atoms with E-state index in [-0.39, 0.29) is 10.3 Å². The summed E-state index contributed by atoms with van der Waals surface area (Å²) in [7, 11) is 1.43. The Morgan fingerprint density at radius 2 is 1.88 bits per heavy atom. The summed E-state index contributed by atoms with van der Waals surface area (Å²) in [4.78, 5) is 13.0. The molecule has 4 nitrogen and oxygen atoms in total. The van der Waals surface area contributed by atoms with Crippen molar-refractivity contribution >= 4 is 33.1 Å². The maximum absolute atomic E-state index is 13.0. The van der Waals surface area contributed by atoms with Crippen molar-refractivity contribution in [1.29, 1.82) is 0 Å². The third-order valence-electron chi connectivity index (χ3n) is 3.72. The van der Waals surface area contributed by atoms with E-state index in [1.165, 1.54) is 13.1 Å². The normalized spacial score (nSPS) is 11.9. The lowest BCUT2D eigenvalue weighted by Crippen LogP contribution is -2.12. The number of para-hydroxylation sites is 1. The van der Waals surface area contributed by atoms with Crippen LogP contribution in [0.4, 0.5) is 18.9 Å². The number of carbonyl (C=O) groups is 1. The molecule has 24 heavy (non-hydrogen) atoms. The molecule has 1 amide bonds. The molecular weight excluding hydrogens is 339 g/mol.